The minimum Gasteiger partial charge on any atom is -0.440 e. The third-order valence-corrected chi connectivity index (χ3v) is 6.76. The highest BCUT2D eigenvalue weighted by atomic mass is 16.3. The maximum absolute atomic E-state index is 12.9. The zero-order valence-electron chi connectivity index (χ0n) is 14.7. The lowest BCUT2D eigenvalue weighted by atomic mass is 9.86. The van der Waals surface area contributed by atoms with E-state index in [1.54, 1.807) is 0 Å². The van der Waals surface area contributed by atoms with Gasteiger partial charge < -0.3 is 9.32 Å². The van der Waals surface area contributed by atoms with Crippen LogP contribution < -0.4 is 0 Å². The molecule has 0 N–H and O–H groups in total. The van der Waals surface area contributed by atoms with Crippen LogP contribution in [0, 0.1) is 17.8 Å². The molecule has 2 aliphatic carbocycles. The molecule has 1 aromatic carbocycles. The summed E-state index contributed by atoms with van der Waals surface area (Å²) in [6, 6.07) is 7.92. The molecule has 4 atom stereocenters. The molecule has 3 aliphatic rings. The Balaban J connectivity index is 1.26. The van der Waals surface area contributed by atoms with Crippen LogP contribution in [0.4, 0.5) is 0 Å². The monoisotopic (exact) mass is 338 g/mol. The molecule has 4 nitrogen and oxygen atoms in total. The predicted molar refractivity (Wildman–Crippen MR) is 96.1 cm³/mol. The number of para-hydroxylation sites is 2. The fourth-order valence-corrected chi connectivity index (χ4v) is 5.45. The number of piperidine rings is 1. The first kappa shape index (κ1) is 15.4. The lowest BCUT2D eigenvalue weighted by Crippen LogP contribution is -2.40. The van der Waals surface area contributed by atoms with E-state index < -0.39 is 0 Å². The number of aromatic nitrogens is 1. The van der Waals surface area contributed by atoms with Gasteiger partial charge in [-0.2, -0.15) is 0 Å². The zero-order valence-corrected chi connectivity index (χ0v) is 14.7. The molecule has 2 aromatic rings. The summed E-state index contributed by atoms with van der Waals surface area (Å²) in [6.45, 7) is 1.67. The van der Waals surface area contributed by atoms with Crippen molar-refractivity contribution in [1.82, 2.24) is 9.88 Å². The van der Waals surface area contributed by atoms with Gasteiger partial charge in [-0.05, 0) is 62.0 Å². The average Bonchev–Trinajstić information content (AvgIpc) is 3.36. The van der Waals surface area contributed by atoms with Crippen LogP contribution in [0.25, 0.3) is 11.1 Å². The highest BCUT2D eigenvalue weighted by Gasteiger charge is 2.41. The number of benzene rings is 1. The number of rotatable bonds is 3. The SMILES string of the molecule is O=C(C[C@@H]1C[C@H]2CC[C@H]1C2)N1CCC[C@H](c2nc3ccccc3o2)C1. The summed E-state index contributed by atoms with van der Waals surface area (Å²) < 4.78 is 5.96. The second kappa shape index (κ2) is 6.15. The van der Waals surface area contributed by atoms with Crippen molar-refractivity contribution in [2.45, 2.75) is 50.9 Å². The summed E-state index contributed by atoms with van der Waals surface area (Å²) in [6.07, 6.45) is 8.30. The normalized spacial score (nSPS) is 31.8. The molecule has 5 rings (SSSR count). The van der Waals surface area contributed by atoms with E-state index in [4.69, 9.17) is 4.42 Å². The topological polar surface area (TPSA) is 46.3 Å². The summed E-state index contributed by atoms with van der Waals surface area (Å²) in [5, 5.41) is 0. The summed E-state index contributed by atoms with van der Waals surface area (Å²) in [7, 11) is 0. The maximum atomic E-state index is 12.9. The first-order chi connectivity index (χ1) is 12.3. The largest absolute Gasteiger partial charge is 0.440 e. The van der Waals surface area contributed by atoms with Gasteiger partial charge in [0.1, 0.15) is 5.52 Å². The third kappa shape index (κ3) is 2.86. The standard InChI is InChI=1S/C21H26N2O2/c24-20(12-17-11-14-7-8-15(17)10-14)23-9-3-4-16(13-23)21-22-18-5-1-2-6-19(18)25-21/h1-2,5-6,14-17H,3-4,7-13H2/t14-,15-,16-,17-/m0/s1. The Morgan fingerprint density at radius 3 is 2.92 bits per heavy atom. The average molecular weight is 338 g/mol. The van der Waals surface area contributed by atoms with Crippen LogP contribution in [0.5, 0.6) is 0 Å². The minimum atomic E-state index is 0.241. The van der Waals surface area contributed by atoms with Crippen molar-refractivity contribution in [3.8, 4) is 0 Å². The van der Waals surface area contributed by atoms with Crippen LogP contribution in [0.15, 0.2) is 28.7 Å². The van der Waals surface area contributed by atoms with E-state index in [-0.39, 0.29) is 5.92 Å². The smallest absolute Gasteiger partial charge is 0.222 e. The van der Waals surface area contributed by atoms with Crippen molar-refractivity contribution >= 4 is 17.0 Å². The van der Waals surface area contributed by atoms with Gasteiger partial charge in [-0.15, -0.1) is 0 Å². The van der Waals surface area contributed by atoms with E-state index in [0.29, 0.717) is 11.8 Å². The Labute approximate surface area is 148 Å². The molecule has 132 valence electrons. The highest BCUT2D eigenvalue weighted by molar-refractivity contribution is 5.77. The van der Waals surface area contributed by atoms with Crippen molar-refractivity contribution in [3.63, 3.8) is 0 Å². The van der Waals surface area contributed by atoms with Gasteiger partial charge in [0, 0.05) is 19.5 Å². The number of fused-ring (bicyclic) bond motifs is 3. The van der Waals surface area contributed by atoms with Crippen LogP contribution in [-0.4, -0.2) is 28.9 Å². The van der Waals surface area contributed by atoms with Gasteiger partial charge >= 0.3 is 0 Å². The van der Waals surface area contributed by atoms with E-state index in [1.165, 1.54) is 25.7 Å². The molecule has 2 bridgehead atoms. The van der Waals surface area contributed by atoms with Crippen LogP contribution in [-0.2, 0) is 4.79 Å². The number of oxazole rings is 1. The van der Waals surface area contributed by atoms with Gasteiger partial charge in [-0.1, -0.05) is 18.6 Å². The molecular weight excluding hydrogens is 312 g/mol. The second-order valence-electron chi connectivity index (χ2n) is 8.34. The van der Waals surface area contributed by atoms with E-state index in [1.807, 2.05) is 24.3 Å². The molecule has 0 radical (unpaired) electrons. The van der Waals surface area contributed by atoms with Crippen LogP contribution in [0.2, 0.25) is 0 Å². The molecule has 0 spiro atoms. The van der Waals surface area contributed by atoms with E-state index in [9.17, 15) is 4.79 Å². The van der Waals surface area contributed by atoms with E-state index in [0.717, 1.165) is 61.2 Å². The third-order valence-electron chi connectivity index (χ3n) is 6.76. The number of hydrogen-bond acceptors (Lipinski definition) is 3. The van der Waals surface area contributed by atoms with Crippen LogP contribution >= 0.6 is 0 Å². The quantitative estimate of drug-likeness (QED) is 0.835. The van der Waals surface area contributed by atoms with Crippen molar-refractivity contribution in [1.29, 1.82) is 0 Å². The molecule has 4 heteroatoms. The molecule has 3 fully saturated rings. The van der Waals surface area contributed by atoms with Crippen LogP contribution in [0.1, 0.15) is 56.8 Å². The number of likely N-dealkylation sites (tertiary alicyclic amines) is 1. The number of amides is 1. The summed E-state index contributed by atoms with van der Waals surface area (Å²) >= 11 is 0. The Morgan fingerprint density at radius 1 is 1.20 bits per heavy atom. The first-order valence-electron chi connectivity index (χ1n) is 9.89. The van der Waals surface area contributed by atoms with E-state index in [2.05, 4.69) is 9.88 Å². The van der Waals surface area contributed by atoms with Crippen molar-refractivity contribution < 1.29 is 9.21 Å². The second-order valence-corrected chi connectivity index (χ2v) is 8.34. The number of carbonyl (C=O) groups is 1. The molecule has 0 unspecified atom stereocenters. The zero-order chi connectivity index (χ0) is 16.8. The molecule has 1 amide bonds. The van der Waals surface area contributed by atoms with Crippen LogP contribution in [0.3, 0.4) is 0 Å². The van der Waals surface area contributed by atoms with Gasteiger partial charge in [0.25, 0.3) is 0 Å². The van der Waals surface area contributed by atoms with Crippen molar-refractivity contribution in [3.05, 3.63) is 30.2 Å². The molecular formula is C21H26N2O2. The number of nitrogens with zero attached hydrogens (tertiary/aromatic N) is 2. The fraction of sp³-hybridized carbons (Fsp3) is 0.619. The molecule has 2 heterocycles. The minimum absolute atomic E-state index is 0.241. The van der Waals surface area contributed by atoms with Gasteiger partial charge in [-0.25, -0.2) is 4.98 Å². The summed E-state index contributed by atoms with van der Waals surface area (Å²) in [5.41, 5.74) is 1.77. The Bertz CT molecular complexity index is 750. The van der Waals surface area contributed by atoms with Gasteiger partial charge in [-0.3, -0.25) is 4.79 Å². The maximum Gasteiger partial charge on any atom is 0.222 e. The highest BCUT2D eigenvalue weighted by Crippen LogP contribution is 2.49. The Kier molecular flexibility index (Phi) is 3.79. The van der Waals surface area contributed by atoms with Crippen molar-refractivity contribution in [2.24, 2.45) is 17.8 Å². The van der Waals surface area contributed by atoms with Gasteiger partial charge in [0.05, 0.1) is 5.92 Å². The molecule has 1 aliphatic heterocycles. The summed E-state index contributed by atoms with van der Waals surface area (Å²) in [4.78, 5) is 19.6. The fourth-order valence-electron chi connectivity index (χ4n) is 5.45. The number of carbonyl (C=O) groups excluding carboxylic acids is 1. The lowest BCUT2D eigenvalue weighted by Gasteiger charge is -2.33. The van der Waals surface area contributed by atoms with Crippen molar-refractivity contribution in [2.75, 3.05) is 13.1 Å². The molecule has 2 saturated carbocycles. The number of hydrogen-bond donors (Lipinski definition) is 0. The Morgan fingerprint density at radius 2 is 2.12 bits per heavy atom. The molecule has 1 aromatic heterocycles. The van der Waals surface area contributed by atoms with Gasteiger partial charge in [0.2, 0.25) is 5.91 Å². The summed E-state index contributed by atoms with van der Waals surface area (Å²) in [5.74, 6) is 3.79. The first-order valence-corrected chi connectivity index (χ1v) is 9.89. The predicted octanol–water partition coefficient (Wildman–Crippen LogP) is 4.36. The van der Waals surface area contributed by atoms with E-state index >= 15 is 0 Å². The Hall–Kier alpha value is -1.84. The molecule has 1 saturated heterocycles. The lowest BCUT2D eigenvalue weighted by molar-refractivity contribution is -0.133. The molecule has 25 heavy (non-hydrogen) atoms. The van der Waals surface area contributed by atoms with Gasteiger partial charge in [0.15, 0.2) is 11.5 Å².